The van der Waals surface area contributed by atoms with Gasteiger partial charge in [0, 0.05) is 38.1 Å². The van der Waals surface area contributed by atoms with Crippen LogP contribution in [0.4, 0.5) is 5.82 Å². The molecule has 3 heterocycles. The summed E-state index contributed by atoms with van der Waals surface area (Å²) in [5, 5.41) is 24.9. The van der Waals surface area contributed by atoms with Crippen LogP contribution in [0.25, 0.3) is 0 Å². The van der Waals surface area contributed by atoms with Gasteiger partial charge in [-0.05, 0) is 68.7 Å². The van der Waals surface area contributed by atoms with Gasteiger partial charge in [0.05, 0.1) is 16.7 Å². The molecule has 0 radical (unpaired) electrons. The number of aryl methyl sites for hydroxylation is 2. The third-order valence-corrected chi connectivity index (χ3v) is 6.64. The van der Waals surface area contributed by atoms with Crippen molar-refractivity contribution in [3.63, 3.8) is 0 Å². The number of hydrogen-bond acceptors (Lipinski definition) is 7. The second-order valence-electron chi connectivity index (χ2n) is 9.16. The first-order valence-electron chi connectivity index (χ1n) is 12.2. The minimum atomic E-state index is -1.11. The van der Waals surface area contributed by atoms with Gasteiger partial charge in [-0.2, -0.15) is 5.26 Å². The number of nitriles is 1. The number of aromatic nitrogens is 2. The first kappa shape index (κ1) is 24.6. The molecule has 0 saturated heterocycles. The average Bonchev–Trinajstić information content (AvgIpc) is 3.69. The summed E-state index contributed by atoms with van der Waals surface area (Å²) in [4.78, 5) is 33.6. The molecule has 2 aromatic rings. The summed E-state index contributed by atoms with van der Waals surface area (Å²) in [7, 11) is 0. The fourth-order valence-corrected chi connectivity index (χ4v) is 4.45. The number of nitrogens with one attached hydrogen (secondary N) is 2. The zero-order chi connectivity index (χ0) is 24.7. The van der Waals surface area contributed by atoms with Crippen molar-refractivity contribution in [3.8, 4) is 6.07 Å². The van der Waals surface area contributed by atoms with E-state index in [-0.39, 0.29) is 13.0 Å². The van der Waals surface area contributed by atoms with Crippen LogP contribution in [0.15, 0.2) is 30.5 Å². The topological polar surface area (TPSA) is 137 Å². The second kappa shape index (κ2) is 11.3. The van der Waals surface area contributed by atoms with Crippen LogP contribution in [-0.4, -0.2) is 52.8 Å². The van der Waals surface area contributed by atoms with Gasteiger partial charge in [-0.15, -0.1) is 0 Å². The summed E-state index contributed by atoms with van der Waals surface area (Å²) in [5.74, 6) is -0.495. The smallest absolute Gasteiger partial charge is 0.326 e. The number of anilines is 1. The second-order valence-corrected chi connectivity index (χ2v) is 9.16. The predicted octanol–water partition coefficient (Wildman–Crippen LogP) is 2.74. The van der Waals surface area contributed by atoms with Crippen LogP contribution in [0.5, 0.6) is 0 Å². The first-order chi connectivity index (χ1) is 17.0. The van der Waals surface area contributed by atoms with Crippen molar-refractivity contribution in [1.29, 1.82) is 5.26 Å². The highest BCUT2D eigenvalue weighted by Crippen LogP contribution is 2.48. The van der Waals surface area contributed by atoms with Crippen molar-refractivity contribution in [2.24, 2.45) is 0 Å². The minimum absolute atomic E-state index is 0.169. The number of carboxylic acid groups (broad SMARTS) is 1. The molecule has 184 valence electrons. The van der Waals surface area contributed by atoms with Gasteiger partial charge < -0.3 is 20.5 Å². The Labute approximate surface area is 204 Å². The summed E-state index contributed by atoms with van der Waals surface area (Å²) >= 11 is 0. The van der Waals surface area contributed by atoms with Gasteiger partial charge in [0.2, 0.25) is 5.91 Å². The molecule has 0 bridgehead atoms. The number of fused-ring (bicyclic) bond motifs is 1. The number of carbonyl (C=O) groups is 2. The molecule has 2 aliphatic rings. The summed E-state index contributed by atoms with van der Waals surface area (Å²) in [6.45, 7) is 1.73. The van der Waals surface area contributed by atoms with Crippen LogP contribution in [-0.2, 0) is 32.6 Å². The number of aliphatic carboxylic acids is 1. The van der Waals surface area contributed by atoms with E-state index in [0.29, 0.717) is 30.7 Å². The third-order valence-electron chi connectivity index (χ3n) is 6.64. The van der Waals surface area contributed by atoms with Crippen LogP contribution in [0.2, 0.25) is 0 Å². The minimum Gasteiger partial charge on any atom is -0.480 e. The molecule has 2 aromatic heterocycles. The molecule has 1 atom stereocenters. The largest absolute Gasteiger partial charge is 0.480 e. The fourth-order valence-electron chi connectivity index (χ4n) is 4.45. The first-order valence-corrected chi connectivity index (χ1v) is 12.2. The average molecular weight is 478 g/mol. The van der Waals surface area contributed by atoms with E-state index >= 15 is 0 Å². The molecule has 9 heteroatoms. The van der Waals surface area contributed by atoms with E-state index in [2.05, 4.69) is 33.8 Å². The molecule has 1 fully saturated rings. The molecule has 0 spiro atoms. The molecule has 1 saturated carbocycles. The number of ether oxygens (including phenoxy) is 1. The number of nitrogens with zero attached hydrogens (tertiary/aromatic N) is 3. The molecule has 0 aromatic carbocycles. The SMILES string of the molecule is N#Cc1cccnc1C1(C(=O)N[C@@H](CCOCCCCc2ccc3c(n2)NCCC3)C(=O)O)CC1. The Morgan fingerprint density at radius 2 is 2.11 bits per heavy atom. The van der Waals surface area contributed by atoms with E-state index in [4.69, 9.17) is 9.72 Å². The van der Waals surface area contributed by atoms with E-state index < -0.39 is 23.3 Å². The molecule has 4 rings (SSSR count). The summed E-state index contributed by atoms with van der Waals surface area (Å²) in [6.07, 6.45) is 7.66. The van der Waals surface area contributed by atoms with Crippen molar-refractivity contribution >= 4 is 17.7 Å². The highest BCUT2D eigenvalue weighted by atomic mass is 16.5. The standard InChI is InChI=1S/C26H31N5O4/c27-17-19-6-4-13-28-22(19)26(11-12-26)25(34)31-21(24(32)33)10-16-35-15-2-1-7-20-9-8-18-5-3-14-29-23(18)30-20/h4,6,8-9,13,21H,1-3,5,7,10-12,14-16H2,(H,29,30)(H,31,34)(H,32,33)/t21-/m0/s1. The highest BCUT2D eigenvalue weighted by molar-refractivity contribution is 5.94. The molecule has 3 N–H and O–H groups in total. The number of carboxylic acids is 1. The molecule has 1 aliphatic heterocycles. The molecule has 1 amide bonds. The van der Waals surface area contributed by atoms with E-state index in [0.717, 1.165) is 50.2 Å². The fraction of sp³-hybridized carbons (Fsp3) is 0.500. The Kier molecular flexibility index (Phi) is 7.93. The number of carbonyl (C=O) groups excluding carboxylic acids is 1. The zero-order valence-corrected chi connectivity index (χ0v) is 19.8. The Bertz CT molecular complexity index is 1110. The van der Waals surface area contributed by atoms with Crippen LogP contribution in [0.1, 0.15) is 61.0 Å². The third kappa shape index (κ3) is 5.95. The number of unbranched alkanes of at least 4 members (excludes halogenated alkanes) is 1. The molecular formula is C26H31N5O4. The van der Waals surface area contributed by atoms with Crippen molar-refractivity contribution in [2.75, 3.05) is 25.1 Å². The summed E-state index contributed by atoms with van der Waals surface area (Å²) in [5.41, 5.74) is 2.19. The van der Waals surface area contributed by atoms with Gasteiger partial charge in [0.1, 0.15) is 17.9 Å². The van der Waals surface area contributed by atoms with Gasteiger partial charge in [-0.25, -0.2) is 9.78 Å². The van der Waals surface area contributed by atoms with Gasteiger partial charge in [-0.3, -0.25) is 9.78 Å². The monoisotopic (exact) mass is 477 g/mol. The van der Waals surface area contributed by atoms with E-state index in [1.54, 1.807) is 18.3 Å². The zero-order valence-electron chi connectivity index (χ0n) is 19.8. The molecule has 35 heavy (non-hydrogen) atoms. The van der Waals surface area contributed by atoms with Crippen molar-refractivity contribution in [2.45, 2.75) is 62.8 Å². The van der Waals surface area contributed by atoms with Gasteiger partial charge >= 0.3 is 5.97 Å². The van der Waals surface area contributed by atoms with Crippen molar-refractivity contribution < 1.29 is 19.4 Å². The lowest BCUT2D eigenvalue weighted by molar-refractivity contribution is -0.142. The van der Waals surface area contributed by atoms with Crippen LogP contribution in [0.3, 0.4) is 0 Å². The lowest BCUT2D eigenvalue weighted by Gasteiger charge is -2.20. The van der Waals surface area contributed by atoms with Crippen molar-refractivity contribution in [1.82, 2.24) is 15.3 Å². The molecule has 1 aliphatic carbocycles. The van der Waals surface area contributed by atoms with Gasteiger partial charge in [0.15, 0.2) is 0 Å². The number of hydrogen-bond donors (Lipinski definition) is 3. The maximum Gasteiger partial charge on any atom is 0.326 e. The highest BCUT2D eigenvalue weighted by Gasteiger charge is 2.54. The Morgan fingerprint density at radius 3 is 2.89 bits per heavy atom. The number of rotatable bonds is 12. The van der Waals surface area contributed by atoms with E-state index in [1.807, 2.05) is 0 Å². The van der Waals surface area contributed by atoms with E-state index in [9.17, 15) is 20.0 Å². The molecule has 9 nitrogen and oxygen atoms in total. The lowest BCUT2D eigenvalue weighted by atomic mass is 9.96. The normalized spacial score (nSPS) is 16.3. The summed E-state index contributed by atoms with van der Waals surface area (Å²) in [6, 6.07) is 8.53. The maximum atomic E-state index is 12.9. The van der Waals surface area contributed by atoms with Crippen LogP contribution >= 0.6 is 0 Å². The Morgan fingerprint density at radius 1 is 1.26 bits per heavy atom. The Balaban J connectivity index is 1.18. The van der Waals surface area contributed by atoms with E-state index in [1.165, 1.54) is 5.56 Å². The summed E-state index contributed by atoms with van der Waals surface area (Å²) < 4.78 is 5.64. The lowest BCUT2D eigenvalue weighted by Crippen LogP contribution is -2.46. The maximum absolute atomic E-state index is 12.9. The van der Waals surface area contributed by atoms with Gasteiger partial charge in [-0.1, -0.05) is 6.07 Å². The quantitative estimate of drug-likeness (QED) is 0.397. The van der Waals surface area contributed by atoms with Crippen molar-refractivity contribution in [3.05, 3.63) is 53.0 Å². The molecule has 0 unspecified atom stereocenters. The Hall–Kier alpha value is -3.51. The van der Waals surface area contributed by atoms with Crippen LogP contribution in [0, 0.1) is 11.3 Å². The predicted molar refractivity (Wildman–Crippen MR) is 129 cm³/mol. The number of pyridine rings is 2. The molecular weight excluding hydrogens is 446 g/mol. The van der Waals surface area contributed by atoms with Crippen LogP contribution < -0.4 is 10.6 Å². The van der Waals surface area contributed by atoms with Gasteiger partial charge in [0.25, 0.3) is 0 Å². The number of amides is 1.